The van der Waals surface area contributed by atoms with E-state index in [9.17, 15) is 0 Å². The quantitative estimate of drug-likeness (QED) is 0.845. The fraction of sp³-hybridized carbons (Fsp3) is 0.312. The molecule has 0 saturated heterocycles. The fourth-order valence-corrected chi connectivity index (χ4v) is 2.04. The molecule has 3 N–H and O–H groups in total. The monoisotopic (exact) mass is 272 g/mol. The first kappa shape index (κ1) is 14.5. The molecule has 0 aliphatic carbocycles. The van der Waals surface area contributed by atoms with Gasteiger partial charge in [-0.05, 0) is 48.7 Å². The highest BCUT2D eigenvalue weighted by molar-refractivity contribution is 5.29. The number of aliphatic hydroxyl groups excluding tert-OH is 1. The zero-order valence-corrected chi connectivity index (χ0v) is 11.6. The van der Waals surface area contributed by atoms with Crippen LogP contribution in [-0.2, 0) is 6.42 Å². The van der Waals surface area contributed by atoms with Crippen molar-refractivity contribution in [3.8, 4) is 5.75 Å². The van der Waals surface area contributed by atoms with Gasteiger partial charge in [-0.3, -0.25) is 4.98 Å². The van der Waals surface area contributed by atoms with Crippen LogP contribution in [0.25, 0.3) is 0 Å². The van der Waals surface area contributed by atoms with Crippen LogP contribution in [-0.4, -0.2) is 22.7 Å². The van der Waals surface area contributed by atoms with Gasteiger partial charge in [-0.2, -0.15) is 0 Å². The lowest BCUT2D eigenvalue weighted by Crippen LogP contribution is -2.29. The molecule has 20 heavy (non-hydrogen) atoms. The molecule has 0 fully saturated rings. The number of rotatable bonds is 6. The Morgan fingerprint density at radius 3 is 2.35 bits per heavy atom. The third kappa shape index (κ3) is 3.79. The number of benzene rings is 1. The molecule has 4 nitrogen and oxygen atoms in total. The predicted molar refractivity (Wildman–Crippen MR) is 78.5 cm³/mol. The summed E-state index contributed by atoms with van der Waals surface area (Å²) in [6.45, 7) is 2.07. The zero-order chi connectivity index (χ0) is 14.4. The molecule has 106 valence electrons. The summed E-state index contributed by atoms with van der Waals surface area (Å²) in [7, 11) is 0. The molecule has 2 rings (SSSR count). The highest BCUT2D eigenvalue weighted by atomic mass is 16.5. The molecule has 0 amide bonds. The Morgan fingerprint density at radius 2 is 1.80 bits per heavy atom. The largest absolute Gasteiger partial charge is 0.484 e. The number of nitrogens with zero attached hydrogens (tertiary/aromatic N) is 1. The minimum Gasteiger partial charge on any atom is -0.484 e. The smallest absolute Gasteiger partial charge is 0.139 e. The van der Waals surface area contributed by atoms with Crippen LogP contribution in [0.1, 0.15) is 24.2 Å². The average Bonchev–Trinajstić information content (AvgIpc) is 2.47. The molecule has 0 radical (unpaired) electrons. The van der Waals surface area contributed by atoms with E-state index in [0.717, 1.165) is 16.9 Å². The highest BCUT2D eigenvalue weighted by Crippen LogP contribution is 2.24. The van der Waals surface area contributed by atoms with Crippen LogP contribution in [0.2, 0.25) is 0 Å². The normalized spacial score (nSPS) is 13.8. The number of aliphatic hydroxyl groups is 1. The van der Waals surface area contributed by atoms with E-state index in [0.29, 0.717) is 6.42 Å². The van der Waals surface area contributed by atoms with Crippen LogP contribution in [0.3, 0.4) is 0 Å². The van der Waals surface area contributed by atoms with E-state index in [1.807, 2.05) is 43.3 Å². The molecule has 0 aliphatic rings. The van der Waals surface area contributed by atoms with Crippen LogP contribution in [0, 0.1) is 0 Å². The van der Waals surface area contributed by atoms with E-state index in [4.69, 9.17) is 15.6 Å². The number of aromatic nitrogens is 1. The maximum atomic E-state index is 8.90. The first-order chi connectivity index (χ1) is 9.70. The Balaban J connectivity index is 2.12. The second kappa shape index (κ2) is 7.03. The molecule has 1 aromatic heterocycles. The van der Waals surface area contributed by atoms with Gasteiger partial charge in [-0.1, -0.05) is 12.1 Å². The van der Waals surface area contributed by atoms with Crippen LogP contribution in [0.4, 0.5) is 0 Å². The van der Waals surface area contributed by atoms with Crippen molar-refractivity contribution in [3.63, 3.8) is 0 Å². The molecule has 1 aromatic carbocycles. The minimum atomic E-state index is -0.207. The van der Waals surface area contributed by atoms with Crippen LogP contribution in [0.15, 0.2) is 48.8 Å². The molecule has 2 unspecified atom stereocenters. The van der Waals surface area contributed by atoms with Crippen molar-refractivity contribution in [2.75, 3.05) is 6.61 Å². The number of hydrogen-bond donors (Lipinski definition) is 2. The van der Waals surface area contributed by atoms with Crippen molar-refractivity contribution in [2.24, 2.45) is 5.73 Å². The second-order valence-electron chi connectivity index (χ2n) is 4.80. The van der Waals surface area contributed by atoms with Gasteiger partial charge in [0.25, 0.3) is 0 Å². The lowest BCUT2D eigenvalue weighted by molar-refractivity contribution is 0.180. The van der Waals surface area contributed by atoms with Crippen molar-refractivity contribution in [3.05, 3.63) is 59.9 Å². The van der Waals surface area contributed by atoms with E-state index in [2.05, 4.69) is 4.98 Å². The third-order valence-corrected chi connectivity index (χ3v) is 3.10. The summed E-state index contributed by atoms with van der Waals surface area (Å²) in [4.78, 5) is 4.01. The molecule has 0 aliphatic heterocycles. The van der Waals surface area contributed by atoms with Crippen molar-refractivity contribution in [2.45, 2.75) is 25.5 Å². The molecule has 2 aromatic rings. The molecule has 0 saturated carbocycles. The molecule has 0 bridgehead atoms. The lowest BCUT2D eigenvalue weighted by atomic mass is 10.1. The molecule has 2 atom stereocenters. The van der Waals surface area contributed by atoms with Gasteiger partial charge in [0.05, 0.1) is 0 Å². The number of ether oxygens (including phenoxy) is 1. The van der Waals surface area contributed by atoms with E-state index in [1.165, 1.54) is 0 Å². The topological polar surface area (TPSA) is 68.4 Å². The van der Waals surface area contributed by atoms with E-state index >= 15 is 0 Å². The Morgan fingerprint density at radius 1 is 1.15 bits per heavy atom. The van der Waals surface area contributed by atoms with Gasteiger partial charge in [0.1, 0.15) is 11.9 Å². The summed E-state index contributed by atoms with van der Waals surface area (Å²) < 4.78 is 5.98. The van der Waals surface area contributed by atoms with E-state index in [1.54, 1.807) is 12.4 Å². The third-order valence-electron chi connectivity index (χ3n) is 3.10. The summed E-state index contributed by atoms with van der Waals surface area (Å²) in [5, 5.41) is 8.90. The van der Waals surface area contributed by atoms with Crippen molar-refractivity contribution in [1.29, 1.82) is 0 Å². The molecular weight excluding hydrogens is 252 g/mol. The molecule has 0 spiro atoms. The average molecular weight is 272 g/mol. The first-order valence-electron chi connectivity index (χ1n) is 6.72. The fourth-order valence-electron chi connectivity index (χ4n) is 2.04. The van der Waals surface area contributed by atoms with Crippen molar-refractivity contribution >= 4 is 0 Å². The Hall–Kier alpha value is -1.91. The van der Waals surface area contributed by atoms with E-state index in [-0.39, 0.29) is 18.8 Å². The lowest BCUT2D eigenvalue weighted by Gasteiger charge is -2.23. The van der Waals surface area contributed by atoms with Crippen molar-refractivity contribution in [1.82, 2.24) is 4.98 Å². The SMILES string of the molecule is CC(N)C(Oc1ccc(CCO)cc1)c1ccncc1. The summed E-state index contributed by atoms with van der Waals surface area (Å²) in [6.07, 6.45) is 3.92. The van der Waals surface area contributed by atoms with Gasteiger partial charge >= 0.3 is 0 Å². The van der Waals surface area contributed by atoms with Crippen LogP contribution in [0.5, 0.6) is 5.75 Å². The Bertz CT molecular complexity index is 512. The number of nitrogens with two attached hydrogens (primary N) is 1. The second-order valence-corrected chi connectivity index (χ2v) is 4.80. The predicted octanol–water partition coefficient (Wildman–Crippen LogP) is 2.08. The van der Waals surface area contributed by atoms with Gasteiger partial charge in [-0.15, -0.1) is 0 Å². The molecular formula is C16H20N2O2. The van der Waals surface area contributed by atoms with Gasteiger partial charge in [-0.25, -0.2) is 0 Å². The minimum absolute atomic E-state index is 0.130. The van der Waals surface area contributed by atoms with Crippen LogP contribution < -0.4 is 10.5 Å². The molecule has 4 heteroatoms. The van der Waals surface area contributed by atoms with Crippen LogP contribution >= 0.6 is 0 Å². The summed E-state index contributed by atoms with van der Waals surface area (Å²) in [6, 6.07) is 11.4. The Kier molecular flexibility index (Phi) is 5.09. The summed E-state index contributed by atoms with van der Waals surface area (Å²) in [5.41, 5.74) is 8.11. The van der Waals surface area contributed by atoms with Gasteiger partial charge < -0.3 is 15.6 Å². The van der Waals surface area contributed by atoms with E-state index < -0.39 is 0 Å². The Labute approximate surface area is 119 Å². The first-order valence-corrected chi connectivity index (χ1v) is 6.72. The maximum absolute atomic E-state index is 8.90. The molecule has 1 heterocycles. The number of pyridine rings is 1. The van der Waals surface area contributed by atoms with Gasteiger partial charge in [0.2, 0.25) is 0 Å². The van der Waals surface area contributed by atoms with Gasteiger partial charge in [0, 0.05) is 25.0 Å². The van der Waals surface area contributed by atoms with Crippen molar-refractivity contribution < 1.29 is 9.84 Å². The highest BCUT2D eigenvalue weighted by Gasteiger charge is 2.18. The standard InChI is InChI=1S/C16H20N2O2/c1-12(17)16(14-6-9-18-10-7-14)20-15-4-2-13(3-5-15)8-11-19/h2-7,9-10,12,16,19H,8,11,17H2,1H3. The van der Waals surface area contributed by atoms with Gasteiger partial charge in [0.15, 0.2) is 0 Å². The summed E-state index contributed by atoms with van der Waals surface area (Å²) >= 11 is 0. The number of hydrogen-bond acceptors (Lipinski definition) is 4. The summed E-state index contributed by atoms with van der Waals surface area (Å²) in [5.74, 6) is 0.769. The maximum Gasteiger partial charge on any atom is 0.139 e. The zero-order valence-electron chi connectivity index (χ0n) is 11.6.